The van der Waals surface area contributed by atoms with Crippen LogP contribution in [0.2, 0.25) is 0 Å². The van der Waals surface area contributed by atoms with Gasteiger partial charge in [0.1, 0.15) is 5.82 Å². The normalized spacial score (nSPS) is 18.4. The number of nitrogens with zero attached hydrogens (tertiary/aromatic N) is 1. The predicted molar refractivity (Wildman–Crippen MR) is 62.2 cm³/mol. The molecule has 1 saturated carbocycles. The first-order chi connectivity index (χ1) is 6.77. The van der Waals surface area contributed by atoms with Gasteiger partial charge in [-0.25, -0.2) is 4.98 Å². The summed E-state index contributed by atoms with van der Waals surface area (Å²) in [6.07, 6.45) is 8.48. The number of anilines is 1. The molecule has 0 saturated heterocycles. The minimum atomic E-state index is 0.633. The van der Waals surface area contributed by atoms with Gasteiger partial charge in [-0.05, 0) is 46.3 Å². The molecule has 0 aliphatic heterocycles. The van der Waals surface area contributed by atoms with E-state index >= 15 is 0 Å². The molecule has 14 heavy (non-hydrogen) atoms. The lowest BCUT2D eigenvalue weighted by Gasteiger charge is -2.22. The van der Waals surface area contributed by atoms with Gasteiger partial charge < -0.3 is 5.73 Å². The summed E-state index contributed by atoms with van der Waals surface area (Å²) in [7, 11) is 0. The summed E-state index contributed by atoms with van der Waals surface area (Å²) in [6, 6.07) is 2.01. The molecule has 2 rings (SSSR count). The SMILES string of the molecule is Nc1cc(C2CCCCC2)c(Br)cn1. The highest BCUT2D eigenvalue weighted by Gasteiger charge is 2.18. The van der Waals surface area contributed by atoms with Crippen molar-refractivity contribution in [3.05, 3.63) is 22.3 Å². The summed E-state index contributed by atoms with van der Waals surface area (Å²) < 4.78 is 1.11. The Labute approximate surface area is 93.0 Å². The predicted octanol–water partition coefficient (Wildman–Crippen LogP) is 3.47. The third-order valence-electron chi connectivity index (χ3n) is 2.95. The van der Waals surface area contributed by atoms with Crippen molar-refractivity contribution in [3.8, 4) is 0 Å². The molecule has 1 aliphatic rings. The number of rotatable bonds is 1. The second-order valence-electron chi connectivity index (χ2n) is 3.97. The molecule has 0 amide bonds. The van der Waals surface area contributed by atoms with Gasteiger partial charge >= 0.3 is 0 Å². The summed E-state index contributed by atoms with van der Waals surface area (Å²) in [6.45, 7) is 0. The number of aromatic nitrogens is 1. The second kappa shape index (κ2) is 4.30. The third kappa shape index (κ3) is 2.08. The molecule has 1 fully saturated rings. The molecule has 0 radical (unpaired) electrons. The second-order valence-corrected chi connectivity index (χ2v) is 4.82. The largest absolute Gasteiger partial charge is 0.384 e. The van der Waals surface area contributed by atoms with Crippen LogP contribution in [0.15, 0.2) is 16.7 Å². The van der Waals surface area contributed by atoms with E-state index in [1.54, 1.807) is 0 Å². The average Bonchev–Trinajstić information content (AvgIpc) is 2.23. The van der Waals surface area contributed by atoms with E-state index in [4.69, 9.17) is 5.73 Å². The van der Waals surface area contributed by atoms with E-state index in [1.807, 2.05) is 12.3 Å². The van der Waals surface area contributed by atoms with Gasteiger partial charge in [-0.1, -0.05) is 19.3 Å². The number of nitrogen functional groups attached to an aromatic ring is 1. The van der Waals surface area contributed by atoms with Crippen LogP contribution in [0.4, 0.5) is 5.82 Å². The fraction of sp³-hybridized carbons (Fsp3) is 0.545. The molecule has 0 spiro atoms. The highest BCUT2D eigenvalue weighted by molar-refractivity contribution is 9.10. The molecule has 1 aromatic rings. The Hall–Kier alpha value is -0.570. The third-order valence-corrected chi connectivity index (χ3v) is 3.61. The lowest BCUT2D eigenvalue weighted by molar-refractivity contribution is 0.442. The zero-order valence-corrected chi connectivity index (χ0v) is 9.76. The lowest BCUT2D eigenvalue weighted by atomic mass is 9.84. The van der Waals surface area contributed by atoms with Crippen LogP contribution < -0.4 is 5.73 Å². The standard InChI is InChI=1S/C11H15BrN2/c12-10-7-14-11(13)6-9(10)8-4-2-1-3-5-8/h6-8H,1-5H2,(H2,13,14). The van der Waals surface area contributed by atoms with Gasteiger partial charge in [0.2, 0.25) is 0 Å². The molecule has 0 atom stereocenters. The average molecular weight is 255 g/mol. The van der Waals surface area contributed by atoms with Gasteiger partial charge in [-0.3, -0.25) is 0 Å². The minimum absolute atomic E-state index is 0.633. The van der Waals surface area contributed by atoms with Crippen LogP contribution in [0.25, 0.3) is 0 Å². The minimum Gasteiger partial charge on any atom is -0.384 e. The maximum absolute atomic E-state index is 5.70. The van der Waals surface area contributed by atoms with Crippen molar-refractivity contribution in [2.24, 2.45) is 0 Å². The number of pyridine rings is 1. The maximum Gasteiger partial charge on any atom is 0.123 e. The zero-order chi connectivity index (χ0) is 9.97. The first-order valence-electron chi connectivity index (χ1n) is 5.18. The van der Waals surface area contributed by atoms with Crippen molar-refractivity contribution in [2.75, 3.05) is 5.73 Å². The van der Waals surface area contributed by atoms with Crippen LogP contribution in [0, 0.1) is 0 Å². The van der Waals surface area contributed by atoms with E-state index in [2.05, 4.69) is 20.9 Å². The van der Waals surface area contributed by atoms with E-state index in [9.17, 15) is 0 Å². The molecular weight excluding hydrogens is 240 g/mol. The number of hydrogen-bond acceptors (Lipinski definition) is 2. The van der Waals surface area contributed by atoms with Gasteiger partial charge in [-0.2, -0.15) is 0 Å². The summed E-state index contributed by atoms with van der Waals surface area (Å²) in [5, 5.41) is 0. The Bertz CT molecular complexity index is 319. The molecule has 1 aromatic heterocycles. The van der Waals surface area contributed by atoms with Crippen LogP contribution in [-0.4, -0.2) is 4.98 Å². The van der Waals surface area contributed by atoms with Crippen molar-refractivity contribution >= 4 is 21.7 Å². The Morgan fingerprint density at radius 3 is 2.71 bits per heavy atom. The Balaban J connectivity index is 2.24. The quantitative estimate of drug-likeness (QED) is 0.834. The van der Waals surface area contributed by atoms with Crippen LogP contribution in [0.5, 0.6) is 0 Å². The molecule has 2 nitrogen and oxygen atoms in total. The van der Waals surface area contributed by atoms with E-state index in [0.717, 1.165) is 4.47 Å². The van der Waals surface area contributed by atoms with Crippen molar-refractivity contribution in [3.63, 3.8) is 0 Å². The van der Waals surface area contributed by atoms with E-state index in [-0.39, 0.29) is 0 Å². The van der Waals surface area contributed by atoms with E-state index in [0.29, 0.717) is 11.7 Å². The molecule has 2 N–H and O–H groups in total. The smallest absolute Gasteiger partial charge is 0.123 e. The highest BCUT2D eigenvalue weighted by Crippen LogP contribution is 2.36. The molecule has 1 aliphatic carbocycles. The lowest BCUT2D eigenvalue weighted by Crippen LogP contribution is -2.06. The zero-order valence-electron chi connectivity index (χ0n) is 8.17. The summed E-state index contributed by atoms with van der Waals surface area (Å²) in [5.41, 5.74) is 7.05. The number of nitrogens with two attached hydrogens (primary N) is 1. The molecule has 0 aromatic carbocycles. The van der Waals surface area contributed by atoms with Crippen LogP contribution in [-0.2, 0) is 0 Å². The Kier molecular flexibility index (Phi) is 3.06. The number of hydrogen-bond donors (Lipinski definition) is 1. The van der Waals surface area contributed by atoms with E-state index in [1.165, 1.54) is 37.7 Å². The monoisotopic (exact) mass is 254 g/mol. The number of halogens is 1. The Morgan fingerprint density at radius 1 is 1.29 bits per heavy atom. The summed E-state index contributed by atoms with van der Waals surface area (Å²) >= 11 is 3.55. The molecule has 76 valence electrons. The van der Waals surface area contributed by atoms with E-state index < -0.39 is 0 Å². The molecule has 3 heteroatoms. The fourth-order valence-corrected chi connectivity index (χ4v) is 2.74. The molecule has 0 bridgehead atoms. The van der Waals surface area contributed by atoms with Gasteiger partial charge in [0.25, 0.3) is 0 Å². The maximum atomic E-state index is 5.70. The Morgan fingerprint density at radius 2 is 2.00 bits per heavy atom. The van der Waals surface area contributed by atoms with Gasteiger partial charge in [-0.15, -0.1) is 0 Å². The fourth-order valence-electron chi connectivity index (χ4n) is 2.20. The van der Waals surface area contributed by atoms with Crippen molar-refractivity contribution < 1.29 is 0 Å². The first kappa shape index (κ1) is 9.97. The topological polar surface area (TPSA) is 38.9 Å². The highest BCUT2D eigenvalue weighted by atomic mass is 79.9. The van der Waals surface area contributed by atoms with Crippen LogP contribution >= 0.6 is 15.9 Å². The summed E-state index contributed by atoms with van der Waals surface area (Å²) in [4.78, 5) is 4.07. The first-order valence-corrected chi connectivity index (χ1v) is 5.97. The van der Waals surface area contributed by atoms with Gasteiger partial charge in [0.15, 0.2) is 0 Å². The molecular formula is C11H15BrN2. The van der Waals surface area contributed by atoms with Crippen molar-refractivity contribution in [2.45, 2.75) is 38.0 Å². The van der Waals surface area contributed by atoms with Crippen LogP contribution in [0.1, 0.15) is 43.6 Å². The van der Waals surface area contributed by atoms with Gasteiger partial charge in [0.05, 0.1) is 0 Å². The van der Waals surface area contributed by atoms with Crippen LogP contribution in [0.3, 0.4) is 0 Å². The van der Waals surface area contributed by atoms with Crippen molar-refractivity contribution in [1.29, 1.82) is 0 Å². The van der Waals surface area contributed by atoms with Crippen molar-refractivity contribution in [1.82, 2.24) is 4.98 Å². The molecule has 1 heterocycles. The van der Waals surface area contributed by atoms with Gasteiger partial charge in [0, 0.05) is 10.7 Å². The molecule has 0 unspecified atom stereocenters. The summed E-state index contributed by atoms with van der Waals surface area (Å²) in [5.74, 6) is 1.32.